The molecular formula is C19H23FN4O2. The van der Waals surface area contributed by atoms with Gasteiger partial charge in [-0.2, -0.15) is 0 Å². The summed E-state index contributed by atoms with van der Waals surface area (Å²) >= 11 is 0. The van der Waals surface area contributed by atoms with Gasteiger partial charge in [0.15, 0.2) is 0 Å². The number of aliphatic hydroxyl groups is 1. The van der Waals surface area contributed by atoms with Crippen LogP contribution in [0.4, 0.5) is 10.2 Å². The highest BCUT2D eigenvalue weighted by atomic mass is 19.1. The number of benzene rings is 1. The first-order valence-corrected chi connectivity index (χ1v) is 8.59. The van der Waals surface area contributed by atoms with Crippen LogP contribution in [0.15, 0.2) is 36.7 Å². The number of aryl methyl sites for hydroxylation is 1. The molecule has 2 aromatic rings. The Morgan fingerprint density at radius 2 is 2.19 bits per heavy atom. The highest BCUT2D eigenvalue weighted by molar-refractivity contribution is 5.78. The zero-order chi connectivity index (χ0) is 18.7. The molecule has 1 aliphatic heterocycles. The van der Waals surface area contributed by atoms with E-state index in [0.29, 0.717) is 25.1 Å². The monoisotopic (exact) mass is 358 g/mol. The third-order valence-corrected chi connectivity index (χ3v) is 4.65. The van der Waals surface area contributed by atoms with Gasteiger partial charge in [0.25, 0.3) is 0 Å². The molecule has 1 aliphatic rings. The summed E-state index contributed by atoms with van der Waals surface area (Å²) in [5, 5.41) is 10.9. The van der Waals surface area contributed by atoms with Gasteiger partial charge in [0.05, 0.1) is 13.0 Å². The third kappa shape index (κ3) is 4.35. The van der Waals surface area contributed by atoms with E-state index in [1.165, 1.54) is 23.4 Å². The molecule has 6 nitrogen and oxygen atoms in total. The number of anilines is 1. The van der Waals surface area contributed by atoms with Crippen LogP contribution in [0.25, 0.3) is 0 Å². The van der Waals surface area contributed by atoms with Crippen LogP contribution in [0.1, 0.15) is 17.7 Å². The standard InChI is InChI=1S/C19H23FN4O2/c1-14-8-17(22-13-21-14)24-7-6-19(26,12-24)11-23(2)18(25)10-15-4-3-5-16(20)9-15/h3-5,8-9,13,26H,6-7,10-12H2,1-2H3/t19-/m1/s1. The molecule has 0 saturated carbocycles. The smallest absolute Gasteiger partial charge is 0.226 e. The van der Waals surface area contributed by atoms with Crippen molar-refractivity contribution in [1.29, 1.82) is 0 Å². The Bertz CT molecular complexity index is 801. The molecule has 3 rings (SSSR count). The van der Waals surface area contributed by atoms with Crippen LogP contribution in [0.5, 0.6) is 0 Å². The van der Waals surface area contributed by atoms with Crippen LogP contribution >= 0.6 is 0 Å². The highest BCUT2D eigenvalue weighted by Gasteiger charge is 2.38. The first-order chi connectivity index (χ1) is 12.3. The van der Waals surface area contributed by atoms with Gasteiger partial charge in [0.1, 0.15) is 23.6 Å². The van der Waals surface area contributed by atoms with Crippen molar-refractivity contribution >= 4 is 11.7 Å². The molecule has 0 unspecified atom stereocenters. The van der Waals surface area contributed by atoms with E-state index in [9.17, 15) is 14.3 Å². The van der Waals surface area contributed by atoms with Crippen LogP contribution in [0.3, 0.4) is 0 Å². The van der Waals surface area contributed by atoms with Crippen LogP contribution in [-0.4, -0.2) is 58.2 Å². The summed E-state index contributed by atoms with van der Waals surface area (Å²) in [5.74, 6) is 0.269. The number of carbonyl (C=O) groups excluding carboxylic acids is 1. The number of hydrogen-bond acceptors (Lipinski definition) is 5. The second-order valence-electron chi connectivity index (χ2n) is 6.97. The minimum absolute atomic E-state index is 0.110. The van der Waals surface area contributed by atoms with Crippen molar-refractivity contribution in [3.8, 4) is 0 Å². The van der Waals surface area contributed by atoms with E-state index in [2.05, 4.69) is 9.97 Å². The highest BCUT2D eigenvalue weighted by Crippen LogP contribution is 2.26. The minimum Gasteiger partial charge on any atom is -0.386 e. The van der Waals surface area contributed by atoms with Gasteiger partial charge >= 0.3 is 0 Å². The van der Waals surface area contributed by atoms with E-state index in [0.717, 1.165) is 11.5 Å². The quantitative estimate of drug-likeness (QED) is 0.879. The van der Waals surface area contributed by atoms with Gasteiger partial charge < -0.3 is 14.9 Å². The van der Waals surface area contributed by atoms with Crippen molar-refractivity contribution in [3.05, 3.63) is 53.7 Å². The number of halogens is 1. The Morgan fingerprint density at radius 3 is 2.92 bits per heavy atom. The van der Waals surface area contributed by atoms with Crippen molar-refractivity contribution in [1.82, 2.24) is 14.9 Å². The number of hydrogen-bond donors (Lipinski definition) is 1. The van der Waals surface area contributed by atoms with Gasteiger partial charge in [-0.1, -0.05) is 12.1 Å². The maximum absolute atomic E-state index is 13.3. The molecule has 0 radical (unpaired) electrons. The number of likely N-dealkylation sites (N-methyl/N-ethyl adjacent to an activating group) is 1. The lowest BCUT2D eigenvalue weighted by atomic mass is 10.0. The van der Waals surface area contributed by atoms with Gasteiger partial charge in [-0.25, -0.2) is 14.4 Å². The fourth-order valence-electron chi connectivity index (χ4n) is 3.28. The molecule has 2 heterocycles. The van der Waals surface area contributed by atoms with Crippen LogP contribution in [-0.2, 0) is 11.2 Å². The largest absolute Gasteiger partial charge is 0.386 e. The number of carbonyl (C=O) groups is 1. The summed E-state index contributed by atoms with van der Waals surface area (Å²) in [4.78, 5) is 24.3. The molecule has 0 aliphatic carbocycles. The van der Waals surface area contributed by atoms with Crippen molar-refractivity contribution in [2.24, 2.45) is 0 Å². The molecule has 1 atom stereocenters. The Morgan fingerprint density at radius 1 is 1.38 bits per heavy atom. The van der Waals surface area contributed by atoms with Crippen LogP contribution in [0.2, 0.25) is 0 Å². The summed E-state index contributed by atoms with van der Waals surface area (Å²) in [6.45, 7) is 3.19. The topological polar surface area (TPSA) is 69.6 Å². The summed E-state index contributed by atoms with van der Waals surface area (Å²) in [5.41, 5.74) is 0.497. The van der Waals surface area contributed by atoms with Crippen molar-refractivity contribution < 1.29 is 14.3 Å². The second kappa shape index (κ2) is 7.37. The summed E-state index contributed by atoms with van der Waals surface area (Å²) < 4.78 is 13.3. The Labute approximate surface area is 152 Å². The summed E-state index contributed by atoms with van der Waals surface area (Å²) in [7, 11) is 1.66. The number of rotatable bonds is 5. The average Bonchev–Trinajstić information content (AvgIpc) is 2.97. The third-order valence-electron chi connectivity index (χ3n) is 4.65. The normalized spacial score (nSPS) is 19.6. The lowest BCUT2D eigenvalue weighted by Crippen LogP contribution is -2.46. The molecule has 1 amide bonds. The van der Waals surface area contributed by atoms with Crippen LogP contribution in [0, 0.1) is 12.7 Å². The first kappa shape index (κ1) is 18.3. The van der Waals surface area contributed by atoms with Gasteiger partial charge in [-0.15, -0.1) is 0 Å². The molecule has 26 heavy (non-hydrogen) atoms. The van der Waals surface area contributed by atoms with E-state index in [1.807, 2.05) is 17.9 Å². The number of β-amino-alcohol motifs (C(OH)–C–C–N with tert-alkyl or cyclic N) is 1. The van der Waals surface area contributed by atoms with Crippen molar-refractivity contribution in [3.63, 3.8) is 0 Å². The maximum Gasteiger partial charge on any atom is 0.226 e. The number of aromatic nitrogens is 2. The van der Waals surface area contributed by atoms with Gasteiger partial charge in [0, 0.05) is 31.9 Å². The maximum atomic E-state index is 13.3. The molecule has 138 valence electrons. The Kier molecular flexibility index (Phi) is 5.18. The van der Waals surface area contributed by atoms with E-state index in [1.54, 1.807) is 19.2 Å². The number of amides is 1. The van der Waals surface area contributed by atoms with E-state index in [4.69, 9.17) is 0 Å². The molecule has 1 saturated heterocycles. The molecule has 0 bridgehead atoms. The fraction of sp³-hybridized carbons (Fsp3) is 0.421. The lowest BCUT2D eigenvalue weighted by Gasteiger charge is -2.29. The first-order valence-electron chi connectivity index (χ1n) is 8.59. The molecule has 0 spiro atoms. The van der Waals surface area contributed by atoms with Crippen molar-refractivity contribution in [2.45, 2.75) is 25.4 Å². The average molecular weight is 358 g/mol. The molecule has 1 fully saturated rings. The van der Waals surface area contributed by atoms with E-state index in [-0.39, 0.29) is 24.7 Å². The summed E-state index contributed by atoms with van der Waals surface area (Å²) in [6, 6.07) is 7.89. The zero-order valence-corrected chi connectivity index (χ0v) is 15.0. The SMILES string of the molecule is Cc1cc(N2CC[C@@](O)(CN(C)C(=O)Cc3cccc(F)c3)C2)ncn1. The molecule has 1 aromatic heterocycles. The number of nitrogens with zero attached hydrogens (tertiary/aromatic N) is 4. The van der Waals surface area contributed by atoms with Gasteiger partial charge in [0.2, 0.25) is 5.91 Å². The van der Waals surface area contributed by atoms with Gasteiger partial charge in [-0.3, -0.25) is 4.79 Å². The Hall–Kier alpha value is -2.54. The summed E-state index contributed by atoms with van der Waals surface area (Å²) in [6.07, 6.45) is 2.17. The zero-order valence-electron chi connectivity index (χ0n) is 15.0. The second-order valence-corrected chi connectivity index (χ2v) is 6.97. The molecule has 1 aromatic carbocycles. The lowest BCUT2D eigenvalue weighted by molar-refractivity contribution is -0.132. The fourth-order valence-corrected chi connectivity index (χ4v) is 3.28. The molecular weight excluding hydrogens is 335 g/mol. The van der Waals surface area contributed by atoms with Crippen molar-refractivity contribution in [2.75, 3.05) is 31.6 Å². The van der Waals surface area contributed by atoms with Gasteiger partial charge in [-0.05, 0) is 31.0 Å². The van der Waals surface area contributed by atoms with Crippen LogP contribution < -0.4 is 4.90 Å². The minimum atomic E-state index is -0.995. The predicted molar refractivity (Wildman–Crippen MR) is 96.3 cm³/mol. The van der Waals surface area contributed by atoms with E-state index >= 15 is 0 Å². The molecule has 1 N–H and O–H groups in total. The van der Waals surface area contributed by atoms with E-state index < -0.39 is 5.60 Å². The molecule has 7 heteroatoms. The Balaban J connectivity index is 1.60. The predicted octanol–water partition coefficient (Wildman–Crippen LogP) is 1.57.